The molecule has 0 saturated carbocycles. The van der Waals surface area contributed by atoms with Crippen LogP contribution in [0.5, 0.6) is 5.88 Å². The average molecular weight is 264 g/mol. The number of rotatable bonds is 9. The molecule has 0 spiro atoms. The summed E-state index contributed by atoms with van der Waals surface area (Å²) in [6.45, 7) is 9.37. The van der Waals surface area contributed by atoms with Crippen LogP contribution < -0.4 is 10.1 Å². The van der Waals surface area contributed by atoms with Crippen LogP contribution in [0.2, 0.25) is 0 Å². The molecule has 0 atom stereocenters. The molecule has 3 nitrogen and oxygen atoms in total. The van der Waals surface area contributed by atoms with Crippen molar-refractivity contribution in [2.24, 2.45) is 0 Å². The molecule has 1 rings (SSSR count). The minimum Gasteiger partial charge on any atom is -0.475 e. The summed E-state index contributed by atoms with van der Waals surface area (Å²) in [6, 6.07) is 4.66. The van der Waals surface area contributed by atoms with Gasteiger partial charge in [0.1, 0.15) is 0 Å². The lowest BCUT2D eigenvalue weighted by atomic mass is 10.1. The first-order valence-corrected chi connectivity index (χ1v) is 7.51. The Morgan fingerprint density at radius 2 is 1.89 bits per heavy atom. The molecule has 0 aliphatic rings. The highest BCUT2D eigenvalue weighted by Crippen LogP contribution is 2.16. The highest BCUT2D eigenvalue weighted by Gasteiger charge is 2.10. The molecule has 0 amide bonds. The van der Waals surface area contributed by atoms with Crippen molar-refractivity contribution in [1.29, 1.82) is 0 Å². The van der Waals surface area contributed by atoms with Gasteiger partial charge >= 0.3 is 0 Å². The predicted molar refractivity (Wildman–Crippen MR) is 80.4 cm³/mol. The summed E-state index contributed by atoms with van der Waals surface area (Å²) in [6.07, 6.45) is 6.86. The highest BCUT2D eigenvalue weighted by molar-refractivity contribution is 5.25. The Morgan fingerprint density at radius 3 is 2.47 bits per heavy atom. The van der Waals surface area contributed by atoms with Gasteiger partial charge in [0, 0.05) is 24.3 Å². The molecule has 0 bridgehead atoms. The van der Waals surface area contributed by atoms with E-state index in [9.17, 15) is 0 Å². The first-order valence-electron chi connectivity index (χ1n) is 7.51. The van der Waals surface area contributed by atoms with Gasteiger partial charge in [0.05, 0.1) is 6.10 Å². The van der Waals surface area contributed by atoms with Gasteiger partial charge < -0.3 is 10.1 Å². The normalized spacial score (nSPS) is 11.3. The van der Waals surface area contributed by atoms with Gasteiger partial charge in [-0.2, -0.15) is 0 Å². The van der Waals surface area contributed by atoms with Crippen molar-refractivity contribution in [2.45, 2.75) is 72.1 Å². The molecule has 0 aromatic carbocycles. The number of nitrogens with zero attached hydrogens (tertiary/aromatic N) is 1. The molecule has 0 saturated heterocycles. The highest BCUT2D eigenvalue weighted by atomic mass is 16.5. The molecular formula is C16H28N2O. The third kappa shape index (κ3) is 6.06. The third-order valence-corrected chi connectivity index (χ3v) is 3.05. The number of pyridine rings is 1. The van der Waals surface area contributed by atoms with E-state index in [4.69, 9.17) is 4.74 Å². The molecule has 19 heavy (non-hydrogen) atoms. The maximum absolute atomic E-state index is 5.75. The largest absolute Gasteiger partial charge is 0.475 e. The van der Waals surface area contributed by atoms with E-state index < -0.39 is 0 Å². The summed E-state index contributed by atoms with van der Waals surface area (Å²) in [7, 11) is 0. The minimum absolute atomic E-state index is 0.163. The number of aromatic nitrogens is 1. The molecular weight excluding hydrogens is 236 g/mol. The Kier molecular flexibility index (Phi) is 7.49. The molecule has 3 heteroatoms. The van der Waals surface area contributed by atoms with Crippen molar-refractivity contribution in [3.8, 4) is 5.88 Å². The van der Waals surface area contributed by atoms with Crippen LogP contribution in [0.3, 0.4) is 0 Å². The lowest BCUT2D eigenvalue weighted by molar-refractivity contribution is 0.229. The summed E-state index contributed by atoms with van der Waals surface area (Å²) in [5.74, 6) is 0.761. The summed E-state index contributed by atoms with van der Waals surface area (Å²) in [5, 5.41) is 3.63. The Morgan fingerprint density at radius 1 is 1.21 bits per heavy atom. The van der Waals surface area contributed by atoms with Crippen LogP contribution in [0.1, 0.15) is 58.9 Å². The van der Waals surface area contributed by atoms with E-state index in [1.165, 1.54) is 25.7 Å². The van der Waals surface area contributed by atoms with Gasteiger partial charge in [-0.3, -0.25) is 0 Å². The number of hydrogen-bond donors (Lipinski definition) is 1. The fraction of sp³-hybridized carbons (Fsp3) is 0.688. The van der Waals surface area contributed by atoms with E-state index in [0.29, 0.717) is 6.04 Å². The minimum atomic E-state index is 0.163. The third-order valence-electron chi connectivity index (χ3n) is 3.05. The van der Waals surface area contributed by atoms with Crippen LogP contribution >= 0.6 is 0 Å². The van der Waals surface area contributed by atoms with E-state index in [1.54, 1.807) is 6.20 Å². The second-order valence-corrected chi connectivity index (χ2v) is 5.29. The van der Waals surface area contributed by atoms with Gasteiger partial charge in [0.15, 0.2) is 0 Å². The molecule has 0 fully saturated rings. The lowest BCUT2D eigenvalue weighted by Gasteiger charge is -2.19. The molecule has 0 aliphatic carbocycles. The van der Waals surface area contributed by atoms with E-state index in [2.05, 4.69) is 30.2 Å². The standard InChI is InChI=1S/C16H28N2O/c1-5-8-15(9-6-2)18-12-14-10-7-11-17-16(14)19-13(3)4/h7,10-11,13,15,18H,5-6,8-9,12H2,1-4H3. The Balaban J connectivity index is 2.59. The van der Waals surface area contributed by atoms with Crippen molar-refractivity contribution < 1.29 is 4.74 Å². The Hall–Kier alpha value is -1.09. The first-order chi connectivity index (χ1) is 9.17. The molecule has 0 unspecified atom stereocenters. The smallest absolute Gasteiger partial charge is 0.218 e. The zero-order valence-corrected chi connectivity index (χ0v) is 12.8. The van der Waals surface area contributed by atoms with Crippen molar-refractivity contribution >= 4 is 0 Å². The van der Waals surface area contributed by atoms with E-state index >= 15 is 0 Å². The van der Waals surface area contributed by atoms with Crippen LogP contribution in [0, 0.1) is 0 Å². The van der Waals surface area contributed by atoms with Gasteiger partial charge in [-0.1, -0.05) is 32.8 Å². The average Bonchev–Trinajstić information content (AvgIpc) is 2.37. The van der Waals surface area contributed by atoms with E-state index in [1.807, 2.05) is 19.9 Å². The number of hydrogen-bond acceptors (Lipinski definition) is 3. The zero-order valence-electron chi connectivity index (χ0n) is 12.8. The molecule has 1 aromatic rings. The summed E-state index contributed by atoms with van der Waals surface area (Å²) in [5.41, 5.74) is 1.15. The fourth-order valence-corrected chi connectivity index (χ4v) is 2.19. The molecule has 0 aliphatic heterocycles. The van der Waals surface area contributed by atoms with Gasteiger partial charge in [-0.15, -0.1) is 0 Å². The van der Waals surface area contributed by atoms with Crippen LogP contribution in [0.25, 0.3) is 0 Å². The van der Waals surface area contributed by atoms with Crippen molar-refractivity contribution in [1.82, 2.24) is 10.3 Å². The van der Waals surface area contributed by atoms with Crippen molar-refractivity contribution in [2.75, 3.05) is 0 Å². The zero-order chi connectivity index (χ0) is 14.1. The molecule has 108 valence electrons. The quantitative estimate of drug-likeness (QED) is 0.734. The van der Waals surface area contributed by atoms with Crippen molar-refractivity contribution in [3.05, 3.63) is 23.9 Å². The van der Waals surface area contributed by atoms with E-state index in [0.717, 1.165) is 18.0 Å². The SMILES string of the molecule is CCCC(CCC)NCc1cccnc1OC(C)C. The van der Waals surface area contributed by atoms with Crippen LogP contribution in [0.15, 0.2) is 18.3 Å². The van der Waals surface area contributed by atoms with Crippen molar-refractivity contribution in [3.63, 3.8) is 0 Å². The maximum atomic E-state index is 5.75. The Labute approximate surface area is 117 Å². The monoisotopic (exact) mass is 264 g/mol. The Bertz CT molecular complexity index is 346. The summed E-state index contributed by atoms with van der Waals surface area (Å²) >= 11 is 0. The molecule has 0 radical (unpaired) electrons. The second kappa shape index (κ2) is 8.92. The van der Waals surface area contributed by atoms with Gasteiger partial charge in [0.2, 0.25) is 5.88 Å². The van der Waals surface area contributed by atoms with Gasteiger partial charge in [0.25, 0.3) is 0 Å². The van der Waals surface area contributed by atoms with E-state index in [-0.39, 0.29) is 6.10 Å². The van der Waals surface area contributed by atoms with Crippen LogP contribution in [0.4, 0.5) is 0 Å². The second-order valence-electron chi connectivity index (χ2n) is 5.29. The van der Waals surface area contributed by atoms with Gasteiger partial charge in [-0.25, -0.2) is 4.98 Å². The number of ether oxygens (including phenoxy) is 1. The summed E-state index contributed by atoms with van der Waals surface area (Å²) < 4.78 is 5.75. The lowest BCUT2D eigenvalue weighted by Crippen LogP contribution is -2.28. The van der Waals surface area contributed by atoms with Crippen LogP contribution in [-0.4, -0.2) is 17.1 Å². The fourth-order valence-electron chi connectivity index (χ4n) is 2.19. The predicted octanol–water partition coefficient (Wildman–Crippen LogP) is 3.93. The number of nitrogens with one attached hydrogen (secondary N) is 1. The summed E-state index contributed by atoms with van der Waals surface area (Å²) in [4.78, 5) is 4.33. The van der Waals surface area contributed by atoms with Crippen LogP contribution in [-0.2, 0) is 6.54 Å². The van der Waals surface area contributed by atoms with Gasteiger partial charge in [-0.05, 0) is 32.8 Å². The maximum Gasteiger partial charge on any atom is 0.218 e. The molecule has 1 N–H and O–H groups in total. The first kappa shape index (κ1) is 16.0. The molecule has 1 heterocycles. The topological polar surface area (TPSA) is 34.2 Å². The molecule has 1 aromatic heterocycles.